The van der Waals surface area contributed by atoms with Crippen molar-refractivity contribution < 1.29 is 14.3 Å². The van der Waals surface area contributed by atoms with E-state index in [0.717, 1.165) is 61.9 Å². The van der Waals surface area contributed by atoms with Crippen LogP contribution in [0.4, 0.5) is 5.00 Å². The van der Waals surface area contributed by atoms with Gasteiger partial charge in [0.2, 0.25) is 5.91 Å². The molecule has 192 valence electrons. The number of carbonyl (C=O) groups excluding carboxylic acids is 2. The number of aryl methyl sites for hydroxylation is 2. The zero-order valence-corrected chi connectivity index (χ0v) is 23.3. The Morgan fingerprint density at radius 1 is 1.25 bits per heavy atom. The molecule has 0 spiro atoms. The van der Waals surface area contributed by atoms with E-state index >= 15 is 0 Å². The lowest BCUT2D eigenvalue weighted by molar-refractivity contribution is -0.113. The van der Waals surface area contributed by atoms with Crippen molar-refractivity contribution in [3.8, 4) is 11.4 Å². The van der Waals surface area contributed by atoms with Crippen molar-refractivity contribution in [2.75, 3.05) is 17.7 Å². The third-order valence-electron chi connectivity index (χ3n) is 5.92. The van der Waals surface area contributed by atoms with Crippen molar-refractivity contribution >= 4 is 51.3 Å². The topological polar surface area (TPSA) is 86.1 Å². The van der Waals surface area contributed by atoms with E-state index < -0.39 is 0 Å². The van der Waals surface area contributed by atoms with Crippen molar-refractivity contribution in [1.29, 1.82) is 0 Å². The second-order valence-electron chi connectivity index (χ2n) is 8.58. The lowest BCUT2D eigenvalue weighted by Crippen LogP contribution is -2.17. The number of carbonyl (C=O) groups is 2. The van der Waals surface area contributed by atoms with Gasteiger partial charge in [0.1, 0.15) is 5.00 Å². The predicted molar refractivity (Wildman–Crippen MR) is 148 cm³/mol. The molecule has 3 heterocycles. The molecule has 3 aromatic rings. The number of thiophene rings is 2. The number of anilines is 1. The molecule has 0 radical (unpaired) electrons. The Bertz CT molecular complexity index is 1230. The second-order valence-corrected chi connectivity index (χ2v) is 11.6. The summed E-state index contributed by atoms with van der Waals surface area (Å²) < 4.78 is 7.32. The highest BCUT2D eigenvalue weighted by Gasteiger charge is 2.27. The van der Waals surface area contributed by atoms with Crippen molar-refractivity contribution in [3.63, 3.8) is 0 Å². The Kier molecular flexibility index (Phi) is 9.39. The number of thioether (sulfide) groups is 1. The first-order valence-electron chi connectivity index (χ1n) is 12.4. The molecule has 0 bridgehead atoms. The second kappa shape index (κ2) is 12.7. The summed E-state index contributed by atoms with van der Waals surface area (Å²) in [7, 11) is 0. The van der Waals surface area contributed by atoms with E-state index in [4.69, 9.17) is 4.74 Å². The molecule has 0 aliphatic heterocycles. The van der Waals surface area contributed by atoms with E-state index in [0.29, 0.717) is 28.9 Å². The van der Waals surface area contributed by atoms with Crippen LogP contribution in [0.15, 0.2) is 29.3 Å². The Balaban J connectivity index is 1.49. The maximum atomic E-state index is 13.0. The van der Waals surface area contributed by atoms with Gasteiger partial charge in [-0.2, -0.15) is 0 Å². The average Bonchev–Trinajstić information content (AvgIpc) is 3.52. The Morgan fingerprint density at radius 2 is 2.08 bits per heavy atom. The molecule has 3 aromatic heterocycles. The number of aromatic nitrogens is 3. The molecule has 0 aromatic carbocycles. The lowest BCUT2D eigenvalue weighted by atomic mass is 10.1. The summed E-state index contributed by atoms with van der Waals surface area (Å²) in [5, 5.41) is 15.1. The van der Waals surface area contributed by atoms with E-state index in [1.807, 2.05) is 4.57 Å². The van der Waals surface area contributed by atoms with Crippen LogP contribution in [0.2, 0.25) is 0 Å². The summed E-state index contributed by atoms with van der Waals surface area (Å²) in [6.07, 6.45) is 9.03. The molecular weight excluding hydrogens is 513 g/mol. The van der Waals surface area contributed by atoms with Crippen molar-refractivity contribution in [2.24, 2.45) is 0 Å². The van der Waals surface area contributed by atoms with Gasteiger partial charge in [-0.15, -0.1) is 39.4 Å². The molecule has 7 nitrogen and oxygen atoms in total. The van der Waals surface area contributed by atoms with Crippen molar-refractivity contribution in [2.45, 2.75) is 70.5 Å². The molecule has 0 saturated heterocycles. The number of esters is 1. The van der Waals surface area contributed by atoms with Gasteiger partial charge in [0, 0.05) is 27.2 Å². The largest absolute Gasteiger partial charge is 0.462 e. The van der Waals surface area contributed by atoms with Gasteiger partial charge in [0.15, 0.2) is 11.0 Å². The van der Waals surface area contributed by atoms with Gasteiger partial charge >= 0.3 is 5.97 Å². The summed E-state index contributed by atoms with van der Waals surface area (Å²) >= 11 is 4.57. The number of fused-ring (bicyclic) bond motifs is 1. The fourth-order valence-corrected chi connectivity index (χ4v) is 7.33. The molecule has 0 fully saturated rings. The van der Waals surface area contributed by atoms with Crippen LogP contribution in [-0.4, -0.2) is 39.0 Å². The number of hydrogen-bond acceptors (Lipinski definition) is 8. The van der Waals surface area contributed by atoms with Gasteiger partial charge in [-0.05, 0) is 50.7 Å². The van der Waals surface area contributed by atoms with Gasteiger partial charge in [0.25, 0.3) is 0 Å². The SMILES string of the molecule is C=CCn1c(SCC(=O)Nc2sc3c(c2C(=O)OCC)CCCCC3)nnc1-c1csc(CCC)c1. The first-order valence-corrected chi connectivity index (χ1v) is 15.1. The fourth-order valence-electron chi connectivity index (χ4n) is 4.32. The van der Waals surface area contributed by atoms with E-state index in [1.165, 1.54) is 32.9 Å². The Hall–Kier alpha value is -2.43. The zero-order valence-electron chi connectivity index (χ0n) is 20.8. The van der Waals surface area contributed by atoms with Gasteiger partial charge in [-0.3, -0.25) is 9.36 Å². The van der Waals surface area contributed by atoms with Crippen LogP contribution in [-0.2, 0) is 35.3 Å². The molecule has 1 aliphatic carbocycles. The molecule has 0 atom stereocenters. The van der Waals surface area contributed by atoms with E-state index in [1.54, 1.807) is 24.3 Å². The van der Waals surface area contributed by atoms with Crippen LogP contribution >= 0.6 is 34.4 Å². The average molecular weight is 545 g/mol. The first-order chi connectivity index (χ1) is 17.5. The van der Waals surface area contributed by atoms with Crippen molar-refractivity contribution in [3.05, 3.63) is 45.0 Å². The molecule has 1 N–H and O–H groups in total. The first kappa shape index (κ1) is 26.6. The number of hydrogen-bond donors (Lipinski definition) is 1. The van der Waals surface area contributed by atoms with Gasteiger partial charge < -0.3 is 10.1 Å². The van der Waals surface area contributed by atoms with Gasteiger partial charge in [-0.1, -0.05) is 37.6 Å². The third kappa shape index (κ3) is 6.10. The van der Waals surface area contributed by atoms with Crippen LogP contribution in [0, 0.1) is 0 Å². The maximum Gasteiger partial charge on any atom is 0.341 e. The van der Waals surface area contributed by atoms with Gasteiger partial charge in [0.05, 0.1) is 17.9 Å². The van der Waals surface area contributed by atoms with Crippen LogP contribution in [0.25, 0.3) is 11.4 Å². The summed E-state index contributed by atoms with van der Waals surface area (Å²) in [6.45, 7) is 8.69. The molecule has 10 heteroatoms. The molecule has 0 unspecified atom stereocenters. The van der Waals surface area contributed by atoms with Crippen molar-refractivity contribution in [1.82, 2.24) is 14.8 Å². The Morgan fingerprint density at radius 3 is 2.86 bits per heavy atom. The molecule has 1 amide bonds. The third-order valence-corrected chi connectivity index (χ3v) is 9.09. The minimum Gasteiger partial charge on any atom is -0.462 e. The quantitative estimate of drug-likeness (QED) is 0.130. The number of nitrogens with zero attached hydrogens (tertiary/aromatic N) is 3. The van der Waals surface area contributed by atoms with E-state index in [2.05, 4.69) is 40.5 Å². The van der Waals surface area contributed by atoms with Crippen LogP contribution in [0.3, 0.4) is 0 Å². The molecule has 1 aliphatic rings. The summed E-state index contributed by atoms with van der Waals surface area (Å²) in [5.41, 5.74) is 2.62. The maximum absolute atomic E-state index is 13.0. The normalized spacial score (nSPS) is 13.2. The zero-order chi connectivity index (χ0) is 25.5. The minimum atomic E-state index is -0.353. The number of amides is 1. The highest BCUT2D eigenvalue weighted by atomic mass is 32.2. The minimum absolute atomic E-state index is 0.158. The summed E-state index contributed by atoms with van der Waals surface area (Å²) in [6, 6.07) is 2.16. The number of nitrogens with one attached hydrogen (secondary N) is 1. The van der Waals surface area contributed by atoms with E-state index in [-0.39, 0.29) is 17.6 Å². The van der Waals surface area contributed by atoms with E-state index in [9.17, 15) is 9.59 Å². The molecular formula is C26H32N4O3S3. The smallest absolute Gasteiger partial charge is 0.341 e. The molecule has 0 saturated carbocycles. The highest BCUT2D eigenvalue weighted by molar-refractivity contribution is 7.99. The number of rotatable bonds is 11. The molecule has 4 rings (SSSR count). The predicted octanol–water partition coefficient (Wildman–Crippen LogP) is 6.38. The standard InChI is InChI=1S/C26H32N4O3S3/c1-4-10-18-14-17(15-34-18)23-28-29-26(30(23)13-5-2)35-16-21(31)27-24-22(25(32)33-6-3)19-11-8-7-9-12-20(19)36-24/h5,14-15H,2,4,6-13,16H2,1,3H3,(H,27,31). The summed E-state index contributed by atoms with van der Waals surface area (Å²) in [5.74, 6) is 0.402. The van der Waals surface area contributed by atoms with Crippen LogP contribution < -0.4 is 5.32 Å². The van der Waals surface area contributed by atoms with Gasteiger partial charge in [-0.25, -0.2) is 4.79 Å². The van der Waals surface area contributed by atoms with Crippen LogP contribution in [0.1, 0.15) is 65.2 Å². The highest BCUT2D eigenvalue weighted by Crippen LogP contribution is 2.38. The number of allylic oxidation sites excluding steroid dienone is 1. The fraction of sp³-hybridized carbons (Fsp3) is 0.462. The van der Waals surface area contributed by atoms with Crippen LogP contribution in [0.5, 0.6) is 0 Å². The number of ether oxygens (including phenoxy) is 1. The monoisotopic (exact) mass is 544 g/mol. The Labute approximate surface area is 224 Å². The molecule has 36 heavy (non-hydrogen) atoms. The summed E-state index contributed by atoms with van der Waals surface area (Å²) in [4.78, 5) is 28.2. The lowest BCUT2D eigenvalue weighted by Gasteiger charge is -2.09.